The number of likely N-dealkylation sites (tertiary alicyclic amines) is 1. The predicted octanol–water partition coefficient (Wildman–Crippen LogP) is 0.548. The SMILES string of the molecule is CCNS(=O)(=O)c1ccc(C(=O)N2C[C@H]3COCC[C@@]3(C(=O)O)C2)cc1. The molecule has 2 aliphatic heterocycles. The second-order valence-corrected chi connectivity index (χ2v) is 8.46. The highest BCUT2D eigenvalue weighted by Gasteiger charge is 2.54. The van der Waals surface area contributed by atoms with E-state index in [0.29, 0.717) is 31.7 Å². The molecule has 2 heterocycles. The van der Waals surface area contributed by atoms with E-state index in [2.05, 4.69) is 4.72 Å². The molecular formula is C17H22N2O6S. The number of nitrogens with zero attached hydrogens (tertiary/aromatic N) is 1. The number of benzene rings is 1. The Labute approximate surface area is 152 Å². The molecule has 1 aromatic rings. The van der Waals surface area contributed by atoms with Gasteiger partial charge in [-0.25, -0.2) is 13.1 Å². The van der Waals surface area contributed by atoms with Crippen LogP contribution in [0.15, 0.2) is 29.2 Å². The van der Waals surface area contributed by atoms with Gasteiger partial charge in [0, 0.05) is 37.7 Å². The standard InChI is InChI=1S/C17H22N2O6S/c1-2-18-26(23,24)14-5-3-12(4-6-14)15(20)19-9-13-10-25-8-7-17(13,11-19)16(21)22/h3-6,13,18H,2,7-11H2,1H3,(H,21,22)/t13-,17+/m0/s1. The molecule has 0 radical (unpaired) electrons. The highest BCUT2D eigenvalue weighted by atomic mass is 32.2. The van der Waals surface area contributed by atoms with Crippen molar-refractivity contribution < 1.29 is 27.9 Å². The molecule has 2 fully saturated rings. The summed E-state index contributed by atoms with van der Waals surface area (Å²) in [4.78, 5) is 26.2. The van der Waals surface area contributed by atoms with E-state index in [0.717, 1.165) is 0 Å². The third-order valence-electron chi connectivity index (χ3n) is 5.17. The van der Waals surface area contributed by atoms with Gasteiger partial charge >= 0.3 is 5.97 Å². The Morgan fingerprint density at radius 3 is 2.62 bits per heavy atom. The molecule has 0 aliphatic carbocycles. The van der Waals surface area contributed by atoms with Crippen LogP contribution < -0.4 is 4.72 Å². The van der Waals surface area contributed by atoms with Crippen molar-refractivity contribution in [3.05, 3.63) is 29.8 Å². The van der Waals surface area contributed by atoms with Crippen molar-refractivity contribution in [1.29, 1.82) is 0 Å². The largest absolute Gasteiger partial charge is 0.481 e. The highest BCUT2D eigenvalue weighted by molar-refractivity contribution is 7.89. The van der Waals surface area contributed by atoms with Crippen LogP contribution in [0.3, 0.4) is 0 Å². The fraction of sp³-hybridized carbons (Fsp3) is 0.529. The Bertz CT molecular complexity index is 807. The fourth-order valence-electron chi connectivity index (χ4n) is 3.69. The second kappa shape index (κ2) is 6.98. The van der Waals surface area contributed by atoms with Gasteiger partial charge in [-0.15, -0.1) is 0 Å². The Morgan fingerprint density at radius 2 is 2.04 bits per heavy atom. The number of aliphatic carboxylic acids is 1. The molecule has 0 spiro atoms. The monoisotopic (exact) mass is 382 g/mol. The molecular weight excluding hydrogens is 360 g/mol. The Balaban J connectivity index is 1.79. The van der Waals surface area contributed by atoms with E-state index in [4.69, 9.17) is 4.74 Å². The zero-order valence-electron chi connectivity index (χ0n) is 14.5. The summed E-state index contributed by atoms with van der Waals surface area (Å²) in [7, 11) is -3.58. The van der Waals surface area contributed by atoms with E-state index in [1.165, 1.54) is 29.2 Å². The molecule has 2 aliphatic rings. The Hall–Kier alpha value is -1.97. The summed E-state index contributed by atoms with van der Waals surface area (Å²) in [5.74, 6) is -1.42. The lowest BCUT2D eigenvalue weighted by Crippen LogP contribution is -2.45. The normalized spacial score (nSPS) is 25.7. The van der Waals surface area contributed by atoms with Gasteiger partial charge in [-0.05, 0) is 30.7 Å². The van der Waals surface area contributed by atoms with Crippen LogP contribution in [0.25, 0.3) is 0 Å². The molecule has 1 aromatic carbocycles. The van der Waals surface area contributed by atoms with Crippen molar-refractivity contribution in [2.45, 2.75) is 18.2 Å². The number of carbonyl (C=O) groups excluding carboxylic acids is 1. The van der Waals surface area contributed by atoms with E-state index in [1.54, 1.807) is 6.92 Å². The van der Waals surface area contributed by atoms with Crippen LogP contribution in [0.1, 0.15) is 23.7 Å². The highest BCUT2D eigenvalue weighted by Crippen LogP contribution is 2.42. The van der Waals surface area contributed by atoms with Crippen molar-refractivity contribution in [2.75, 3.05) is 32.8 Å². The molecule has 3 rings (SSSR count). The molecule has 2 saturated heterocycles. The minimum atomic E-state index is -3.58. The van der Waals surface area contributed by atoms with Crippen molar-refractivity contribution >= 4 is 21.9 Å². The average Bonchev–Trinajstić information content (AvgIpc) is 3.02. The minimum Gasteiger partial charge on any atom is -0.481 e. The molecule has 0 unspecified atom stereocenters. The van der Waals surface area contributed by atoms with Gasteiger partial charge in [0.1, 0.15) is 0 Å². The smallest absolute Gasteiger partial charge is 0.311 e. The molecule has 0 saturated carbocycles. The average molecular weight is 382 g/mol. The van der Waals surface area contributed by atoms with Crippen molar-refractivity contribution in [3.63, 3.8) is 0 Å². The van der Waals surface area contributed by atoms with Gasteiger partial charge in [-0.1, -0.05) is 6.92 Å². The summed E-state index contributed by atoms with van der Waals surface area (Å²) in [5, 5.41) is 9.68. The number of fused-ring (bicyclic) bond motifs is 1. The number of hydrogen-bond donors (Lipinski definition) is 2. The lowest BCUT2D eigenvalue weighted by atomic mass is 9.74. The summed E-state index contributed by atoms with van der Waals surface area (Å²) < 4.78 is 31.7. The fourth-order valence-corrected chi connectivity index (χ4v) is 4.73. The number of nitrogens with one attached hydrogen (secondary N) is 1. The first kappa shape index (κ1) is 18.8. The van der Waals surface area contributed by atoms with E-state index in [1.807, 2.05) is 0 Å². The minimum absolute atomic E-state index is 0.0846. The first-order valence-electron chi connectivity index (χ1n) is 8.50. The van der Waals surface area contributed by atoms with Gasteiger partial charge in [-0.3, -0.25) is 9.59 Å². The van der Waals surface area contributed by atoms with Crippen LogP contribution in [-0.4, -0.2) is 63.1 Å². The lowest BCUT2D eigenvalue weighted by molar-refractivity contribution is -0.157. The third kappa shape index (κ3) is 3.22. The number of hydrogen-bond acceptors (Lipinski definition) is 5. The van der Waals surface area contributed by atoms with Crippen molar-refractivity contribution in [3.8, 4) is 0 Å². The molecule has 9 heteroatoms. The van der Waals surface area contributed by atoms with Crippen LogP contribution >= 0.6 is 0 Å². The van der Waals surface area contributed by atoms with Gasteiger partial charge < -0.3 is 14.7 Å². The van der Waals surface area contributed by atoms with Gasteiger partial charge in [-0.2, -0.15) is 0 Å². The number of amides is 1. The quantitative estimate of drug-likeness (QED) is 0.769. The van der Waals surface area contributed by atoms with Crippen molar-refractivity contribution in [2.24, 2.45) is 11.3 Å². The third-order valence-corrected chi connectivity index (χ3v) is 6.73. The molecule has 0 aromatic heterocycles. The van der Waals surface area contributed by atoms with Gasteiger partial charge in [0.05, 0.1) is 16.9 Å². The first-order valence-corrected chi connectivity index (χ1v) is 9.98. The van der Waals surface area contributed by atoms with Crippen LogP contribution in [0, 0.1) is 11.3 Å². The topological polar surface area (TPSA) is 113 Å². The first-order chi connectivity index (χ1) is 12.3. The molecule has 2 atom stereocenters. The zero-order chi connectivity index (χ0) is 18.9. The molecule has 1 amide bonds. The molecule has 2 N–H and O–H groups in total. The summed E-state index contributed by atoms with van der Waals surface area (Å²) >= 11 is 0. The van der Waals surface area contributed by atoms with Crippen LogP contribution in [0.5, 0.6) is 0 Å². The molecule has 0 bridgehead atoms. The zero-order valence-corrected chi connectivity index (χ0v) is 15.3. The summed E-state index contributed by atoms with van der Waals surface area (Å²) in [6.45, 7) is 3.13. The van der Waals surface area contributed by atoms with Crippen molar-refractivity contribution in [1.82, 2.24) is 9.62 Å². The number of carboxylic acids is 1. The maximum absolute atomic E-state index is 12.8. The Kier molecular flexibility index (Phi) is 5.05. The Morgan fingerprint density at radius 1 is 1.35 bits per heavy atom. The number of rotatable bonds is 5. The lowest BCUT2D eigenvalue weighted by Gasteiger charge is -2.33. The number of carboxylic acid groups (broad SMARTS) is 1. The molecule has 142 valence electrons. The number of sulfonamides is 1. The summed E-state index contributed by atoms with van der Waals surface area (Å²) in [6, 6.07) is 5.67. The van der Waals surface area contributed by atoms with E-state index in [-0.39, 0.29) is 29.8 Å². The van der Waals surface area contributed by atoms with E-state index >= 15 is 0 Å². The molecule has 26 heavy (non-hydrogen) atoms. The van der Waals surface area contributed by atoms with Gasteiger partial charge in [0.15, 0.2) is 0 Å². The van der Waals surface area contributed by atoms with E-state index in [9.17, 15) is 23.1 Å². The van der Waals surface area contributed by atoms with Crippen LogP contribution in [0.2, 0.25) is 0 Å². The van der Waals surface area contributed by atoms with Crippen LogP contribution in [0.4, 0.5) is 0 Å². The van der Waals surface area contributed by atoms with Crippen LogP contribution in [-0.2, 0) is 19.6 Å². The summed E-state index contributed by atoms with van der Waals surface area (Å²) in [5.41, 5.74) is -0.622. The number of ether oxygens (including phenoxy) is 1. The predicted molar refractivity (Wildman–Crippen MR) is 92.2 cm³/mol. The molecule has 8 nitrogen and oxygen atoms in total. The number of carbonyl (C=O) groups is 2. The maximum atomic E-state index is 12.8. The second-order valence-electron chi connectivity index (χ2n) is 6.69. The van der Waals surface area contributed by atoms with Gasteiger partial charge in [0.2, 0.25) is 10.0 Å². The summed E-state index contributed by atoms with van der Waals surface area (Å²) in [6.07, 6.45) is 0.386. The van der Waals surface area contributed by atoms with E-state index < -0.39 is 21.4 Å². The van der Waals surface area contributed by atoms with Gasteiger partial charge in [0.25, 0.3) is 5.91 Å². The maximum Gasteiger partial charge on any atom is 0.311 e.